The summed E-state index contributed by atoms with van der Waals surface area (Å²) in [6.45, 7) is 2.12. The lowest BCUT2D eigenvalue weighted by Gasteiger charge is -2.13. The summed E-state index contributed by atoms with van der Waals surface area (Å²) < 4.78 is 17.2. The number of esters is 1. The van der Waals surface area contributed by atoms with Crippen LogP contribution in [-0.4, -0.2) is 30.6 Å². The number of nitrogens with one attached hydrogen (secondary N) is 1. The van der Waals surface area contributed by atoms with Gasteiger partial charge in [0.15, 0.2) is 11.5 Å². The van der Waals surface area contributed by atoms with E-state index in [0.717, 1.165) is 5.56 Å². The second-order valence-corrected chi connectivity index (χ2v) is 8.67. The van der Waals surface area contributed by atoms with E-state index < -0.39 is 5.97 Å². The Bertz CT molecular complexity index is 1390. The number of aromatic nitrogens is 1. The Labute approximate surface area is 210 Å². The summed E-state index contributed by atoms with van der Waals surface area (Å²) in [7, 11) is 1.52. The third-order valence-electron chi connectivity index (χ3n) is 5.11. The molecule has 2 heterocycles. The first-order valence-corrected chi connectivity index (χ1v) is 11.9. The summed E-state index contributed by atoms with van der Waals surface area (Å²) in [5.41, 5.74) is 8.22. The van der Waals surface area contributed by atoms with Crippen LogP contribution >= 0.6 is 22.9 Å². The zero-order chi connectivity index (χ0) is 24.9. The molecule has 0 unspecified atom stereocenters. The third-order valence-corrected chi connectivity index (χ3v) is 6.42. The van der Waals surface area contributed by atoms with E-state index in [-0.39, 0.29) is 24.9 Å². The van der Waals surface area contributed by atoms with Gasteiger partial charge in [0, 0.05) is 33.4 Å². The zero-order valence-corrected chi connectivity index (χ0v) is 20.5. The van der Waals surface area contributed by atoms with Crippen LogP contribution in [0.15, 0.2) is 54.0 Å². The molecule has 0 atom stereocenters. The van der Waals surface area contributed by atoms with Gasteiger partial charge in [-0.1, -0.05) is 11.6 Å². The highest BCUT2D eigenvalue weighted by Crippen LogP contribution is 2.35. The second kappa shape index (κ2) is 10.6. The summed E-state index contributed by atoms with van der Waals surface area (Å²) in [5.74, 6) is 0.360. The van der Waals surface area contributed by atoms with Gasteiger partial charge in [-0.05, 0) is 54.8 Å². The molecule has 0 aliphatic rings. The molecule has 8 nitrogen and oxygen atoms in total. The molecule has 4 aromatic rings. The quantitative estimate of drug-likeness (QED) is 0.298. The highest BCUT2D eigenvalue weighted by molar-refractivity contribution is 7.17. The Morgan fingerprint density at radius 1 is 1.14 bits per heavy atom. The van der Waals surface area contributed by atoms with E-state index in [9.17, 15) is 9.59 Å². The van der Waals surface area contributed by atoms with Gasteiger partial charge >= 0.3 is 5.97 Å². The molecule has 1 amide bonds. The fourth-order valence-corrected chi connectivity index (χ4v) is 4.60. The first kappa shape index (κ1) is 24.3. The van der Waals surface area contributed by atoms with Crippen molar-refractivity contribution < 1.29 is 23.8 Å². The summed E-state index contributed by atoms with van der Waals surface area (Å²) in [6.07, 6.45) is 1.42. The number of anilines is 2. The van der Waals surface area contributed by atoms with Crippen LogP contribution in [0.2, 0.25) is 5.02 Å². The molecule has 180 valence electrons. The molecule has 0 radical (unpaired) electrons. The maximum atomic E-state index is 12.8. The molecule has 0 saturated carbocycles. The maximum Gasteiger partial charge on any atom is 0.341 e. The van der Waals surface area contributed by atoms with E-state index in [1.165, 1.54) is 24.6 Å². The number of nitrogens with zero attached hydrogens (tertiary/aromatic N) is 1. The van der Waals surface area contributed by atoms with E-state index in [1.807, 2.05) is 5.38 Å². The highest BCUT2D eigenvalue weighted by Gasteiger charge is 2.19. The molecular weight excluding hydrogens is 490 g/mol. The summed E-state index contributed by atoms with van der Waals surface area (Å²) in [5, 5.41) is 5.89. The van der Waals surface area contributed by atoms with Crippen molar-refractivity contribution in [3.8, 4) is 11.5 Å². The summed E-state index contributed by atoms with van der Waals surface area (Å²) >= 11 is 7.26. The van der Waals surface area contributed by atoms with Crippen molar-refractivity contribution in [1.29, 1.82) is 0 Å². The molecular formula is C25H22ClN3O5S. The minimum absolute atomic E-state index is 0.122. The Balaban J connectivity index is 1.57. The van der Waals surface area contributed by atoms with Gasteiger partial charge in [0.05, 0.1) is 24.0 Å². The van der Waals surface area contributed by atoms with Gasteiger partial charge < -0.3 is 25.3 Å². The number of nitrogen functional groups attached to an aromatic ring is 1. The van der Waals surface area contributed by atoms with Gasteiger partial charge in [-0.3, -0.25) is 4.79 Å². The number of carbonyl (C=O) groups excluding carboxylic acids is 2. The number of rotatable bonds is 8. The number of carbonyl (C=O) groups is 2. The number of methoxy groups -OCH3 is 1. The molecule has 0 spiro atoms. The number of nitrogens with two attached hydrogens (primary N) is 1. The van der Waals surface area contributed by atoms with Crippen LogP contribution in [0.5, 0.6) is 11.5 Å². The molecule has 0 aliphatic carbocycles. The van der Waals surface area contributed by atoms with Crippen LogP contribution in [0, 0.1) is 0 Å². The lowest BCUT2D eigenvalue weighted by molar-refractivity contribution is 0.0528. The Morgan fingerprint density at radius 3 is 2.63 bits per heavy atom. The standard InChI is InChI=1S/C25H22ClN3O5S/c1-3-33-25(31)18-11-28-23(27)21-15(13-35-22(18)21)12-34-20-10-14(4-9-19(20)32-2)24(30)29-17-7-5-16(26)6-8-17/h4-11,13H,3,12H2,1-2H3,(H2,27,28)(H,29,30). The van der Waals surface area contributed by atoms with Crippen LogP contribution in [0.25, 0.3) is 10.1 Å². The molecule has 3 N–H and O–H groups in total. The largest absolute Gasteiger partial charge is 0.493 e. The van der Waals surface area contributed by atoms with Gasteiger partial charge in [-0.2, -0.15) is 0 Å². The van der Waals surface area contributed by atoms with E-state index in [0.29, 0.717) is 43.4 Å². The number of thiophene rings is 1. The number of amides is 1. The highest BCUT2D eigenvalue weighted by atomic mass is 35.5. The zero-order valence-electron chi connectivity index (χ0n) is 19.0. The molecule has 0 bridgehead atoms. The van der Waals surface area contributed by atoms with Gasteiger partial charge in [-0.15, -0.1) is 11.3 Å². The molecule has 2 aromatic carbocycles. The Kier molecular flexibility index (Phi) is 7.38. The van der Waals surface area contributed by atoms with Gasteiger partial charge in [0.2, 0.25) is 0 Å². The number of halogens is 1. The SMILES string of the molecule is CCOC(=O)c1cnc(N)c2c(COc3cc(C(=O)Nc4ccc(Cl)cc4)ccc3OC)csc12. The summed E-state index contributed by atoms with van der Waals surface area (Å²) in [4.78, 5) is 29.2. The maximum absolute atomic E-state index is 12.8. The van der Waals surface area contributed by atoms with Crippen LogP contribution in [-0.2, 0) is 11.3 Å². The van der Waals surface area contributed by atoms with Crippen LogP contribution < -0.4 is 20.5 Å². The van der Waals surface area contributed by atoms with Gasteiger partial charge in [0.1, 0.15) is 12.4 Å². The van der Waals surface area contributed by atoms with Crippen LogP contribution in [0.4, 0.5) is 11.5 Å². The molecule has 0 fully saturated rings. The fourth-order valence-electron chi connectivity index (χ4n) is 3.41. The van der Waals surface area contributed by atoms with Crippen LogP contribution in [0.3, 0.4) is 0 Å². The second-order valence-electron chi connectivity index (χ2n) is 7.36. The minimum Gasteiger partial charge on any atom is -0.493 e. The van der Waals surface area contributed by atoms with E-state index >= 15 is 0 Å². The molecule has 0 saturated heterocycles. The van der Waals surface area contributed by atoms with Gasteiger partial charge in [-0.25, -0.2) is 9.78 Å². The number of benzene rings is 2. The van der Waals surface area contributed by atoms with Crippen LogP contribution in [0.1, 0.15) is 33.2 Å². The lowest BCUT2D eigenvalue weighted by atomic mass is 10.1. The molecule has 4 rings (SSSR count). The predicted molar refractivity (Wildman–Crippen MR) is 137 cm³/mol. The molecule has 2 aromatic heterocycles. The molecule has 0 aliphatic heterocycles. The smallest absolute Gasteiger partial charge is 0.341 e. The van der Waals surface area contributed by atoms with E-state index in [4.69, 9.17) is 31.5 Å². The average Bonchev–Trinajstić information content (AvgIpc) is 3.29. The molecule has 35 heavy (non-hydrogen) atoms. The number of pyridine rings is 1. The van der Waals surface area contributed by atoms with Crippen molar-refractivity contribution in [1.82, 2.24) is 4.98 Å². The summed E-state index contributed by atoms with van der Waals surface area (Å²) in [6, 6.07) is 11.7. The van der Waals surface area contributed by atoms with Crippen molar-refractivity contribution in [2.24, 2.45) is 0 Å². The van der Waals surface area contributed by atoms with E-state index in [2.05, 4.69) is 10.3 Å². The Morgan fingerprint density at radius 2 is 1.91 bits per heavy atom. The monoisotopic (exact) mass is 511 g/mol. The molecule has 10 heteroatoms. The fraction of sp³-hybridized carbons (Fsp3) is 0.160. The van der Waals surface area contributed by atoms with Crippen molar-refractivity contribution >= 4 is 56.4 Å². The average molecular weight is 512 g/mol. The number of hydrogen-bond acceptors (Lipinski definition) is 8. The first-order chi connectivity index (χ1) is 16.9. The number of hydrogen-bond donors (Lipinski definition) is 2. The normalized spacial score (nSPS) is 10.7. The third kappa shape index (κ3) is 5.31. The van der Waals surface area contributed by atoms with E-state index in [1.54, 1.807) is 49.4 Å². The topological polar surface area (TPSA) is 113 Å². The van der Waals surface area contributed by atoms with Crippen molar-refractivity contribution in [2.75, 3.05) is 24.8 Å². The lowest BCUT2D eigenvalue weighted by Crippen LogP contribution is -2.12. The van der Waals surface area contributed by atoms with Crippen molar-refractivity contribution in [3.63, 3.8) is 0 Å². The predicted octanol–water partition coefficient (Wildman–Crippen LogP) is 5.55. The van der Waals surface area contributed by atoms with Gasteiger partial charge in [0.25, 0.3) is 5.91 Å². The minimum atomic E-state index is -0.458. The number of ether oxygens (including phenoxy) is 3. The number of fused-ring (bicyclic) bond motifs is 1. The van der Waals surface area contributed by atoms with Crippen molar-refractivity contribution in [3.05, 3.63) is 75.8 Å². The van der Waals surface area contributed by atoms with Crippen molar-refractivity contribution in [2.45, 2.75) is 13.5 Å². The Hall–Kier alpha value is -3.82. The first-order valence-electron chi connectivity index (χ1n) is 10.6.